The van der Waals surface area contributed by atoms with Crippen molar-refractivity contribution in [2.75, 3.05) is 25.3 Å². The zero-order valence-corrected chi connectivity index (χ0v) is 11.6. The van der Waals surface area contributed by atoms with Crippen molar-refractivity contribution in [1.82, 2.24) is 9.97 Å². The van der Waals surface area contributed by atoms with Gasteiger partial charge in [0.2, 0.25) is 5.88 Å². The fourth-order valence-electron chi connectivity index (χ4n) is 2.39. The minimum absolute atomic E-state index is 0.343. The van der Waals surface area contributed by atoms with Crippen molar-refractivity contribution in [2.24, 2.45) is 0 Å². The van der Waals surface area contributed by atoms with Crippen LogP contribution in [0.3, 0.4) is 0 Å². The molecule has 0 radical (unpaired) electrons. The highest BCUT2D eigenvalue weighted by molar-refractivity contribution is 5.67. The second kappa shape index (κ2) is 6.56. The molecule has 1 saturated carbocycles. The Balaban J connectivity index is 2.18. The molecule has 0 aliphatic heterocycles. The number of nitrogens with one attached hydrogen (secondary N) is 1. The molecular formula is C13H22N4O2. The smallest absolute Gasteiger partial charge is 0.242 e. The monoisotopic (exact) mass is 266 g/mol. The Hall–Kier alpha value is -1.56. The van der Waals surface area contributed by atoms with E-state index in [4.69, 9.17) is 15.2 Å². The van der Waals surface area contributed by atoms with Gasteiger partial charge in [0.25, 0.3) is 0 Å². The number of methoxy groups -OCH3 is 2. The van der Waals surface area contributed by atoms with Gasteiger partial charge >= 0.3 is 0 Å². The number of aromatic nitrogens is 2. The van der Waals surface area contributed by atoms with Gasteiger partial charge in [-0.1, -0.05) is 19.3 Å². The number of anilines is 2. The fraction of sp³-hybridized carbons (Fsp3) is 0.692. The molecule has 0 unspecified atom stereocenters. The van der Waals surface area contributed by atoms with Crippen molar-refractivity contribution < 1.29 is 9.47 Å². The molecule has 1 heterocycles. The van der Waals surface area contributed by atoms with Gasteiger partial charge in [0, 0.05) is 13.2 Å². The van der Waals surface area contributed by atoms with Crippen LogP contribution in [-0.2, 0) is 11.3 Å². The quantitative estimate of drug-likeness (QED) is 0.847. The molecule has 1 fully saturated rings. The van der Waals surface area contributed by atoms with Gasteiger partial charge in [-0.3, -0.25) is 0 Å². The second-order valence-corrected chi connectivity index (χ2v) is 4.82. The summed E-state index contributed by atoms with van der Waals surface area (Å²) in [5, 5.41) is 3.41. The third-order valence-corrected chi connectivity index (χ3v) is 3.37. The van der Waals surface area contributed by atoms with Crippen LogP contribution in [0.25, 0.3) is 0 Å². The molecule has 106 valence electrons. The summed E-state index contributed by atoms with van der Waals surface area (Å²) in [7, 11) is 3.17. The summed E-state index contributed by atoms with van der Waals surface area (Å²) in [5.41, 5.74) is 6.49. The summed E-state index contributed by atoms with van der Waals surface area (Å²) in [5.74, 6) is 1.64. The van der Waals surface area contributed by atoms with Crippen molar-refractivity contribution in [2.45, 2.75) is 44.8 Å². The van der Waals surface area contributed by atoms with Gasteiger partial charge < -0.3 is 20.5 Å². The van der Waals surface area contributed by atoms with Gasteiger partial charge in [-0.25, -0.2) is 4.98 Å². The zero-order valence-electron chi connectivity index (χ0n) is 11.6. The Morgan fingerprint density at radius 3 is 2.58 bits per heavy atom. The third-order valence-electron chi connectivity index (χ3n) is 3.37. The lowest BCUT2D eigenvalue weighted by atomic mass is 9.95. The molecule has 3 N–H and O–H groups in total. The van der Waals surface area contributed by atoms with Crippen molar-refractivity contribution >= 4 is 11.5 Å². The van der Waals surface area contributed by atoms with E-state index >= 15 is 0 Å². The normalized spacial score (nSPS) is 16.3. The van der Waals surface area contributed by atoms with E-state index in [9.17, 15) is 0 Å². The second-order valence-electron chi connectivity index (χ2n) is 4.82. The first-order valence-corrected chi connectivity index (χ1v) is 6.70. The zero-order chi connectivity index (χ0) is 13.7. The predicted octanol–water partition coefficient (Wildman–Crippen LogP) is 1.96. The van der Waals surface area contributed by atoms with Crippen LogP contribution in [0.4, 0.5) is 11.5 Å². The molecule has 0 spiro atoms. The van der Waals surface area contributed by atoms with Crippen LogP contribution in [0.5, 0.6) is 5.88 Å². The molecular weight excluding hydrogens is 244 g/mol. The Kier molecular flexibility index (Phi) is 4.79. The first kappa shape index (κ1) is 13.9. The molecule has 0 bridgehead atoms. The minimum atomic E-state index is 0.343. The number of hydrogen-bond donors (Lipinski definition) is 2. The van der Waals surface area contributed by atoms with Gasteiger partial charge in [-0.2, -0.15) is 4.98 Å². The Morgan fingerprint density at radius 1 is 1.21 bits per heavy atom. The number of rotatable bonds is 5. The highest BCUT2D eigenvalue weighted by Gasteiger charge is 2.18. The summed E-state index contributed by atoms with van der Waals surface area (Å²) in [4.78, 5) is 8.62. The lowest BCUT2D eigenvalue weighted by Gasteiger charge is -2.24. The summed E-state index contributed by atoms with van der Waals surface area (Å²) >= 11 is 0. The first-order chi connectivity index (χ1) is 9.24. The van der Waals surface area contributed by atoms with Gasteiger partial charge in [0.05, 0.1) is 7.11 Å². The average molecular weight is 266 g/mol. The Morgan fingerprint density at radius 2 is 1.95 bits per heavy atom. The fourth-order valence-corrected chi connectivity index (χ4v) is 2.39. The average Bonchev–Trinajstić information content (AvgIpc) is 2.43. The summed E-state index contributed by atoms with van der Waals surface area (Å²) in [6, 6.07) is 0.436. The topological polar surface area (TPSA) is 82.3 Å². The lowest BCUT2D eigenvalue weighted by molar-refractivity contribution is 0.177. The molecule has 2 rings (SSSR count). The van der Waals surface area contributed by atoms with E-state index in [1.807, 2.05) is 0 Å². The maximum absolute atomic E-state index is 6.02. The van der Waals surface area contributed by atoms with E-state index in [1.54, 1.807) is 14.2 Å². The lowest BCUT2D eigenvalue weighted by Crippen LogP contribution is -2.24. The molecule has 1 aromatic rings. The van der Waals surface area contributed by atoms with Crippen molar-refractivity contribution in [3.8, 4) is 5.88 Å². The molecule has 1 aliphatic rings. The Bertz CT molecular complexity index is 419. The summed E-state index contributed by atoms with van der Waals surface area (Å²) < 4.78 is 10.3. The van der Waals surface area contributed by atoms with Gasteiger partial charge in [-0.05, 0) is 12.8 Å². The predicted molar refractivity (Wildman–Crippen MR) is 74.2 cm³/mol. The van der Waals surface area contributed by atoms with Crippen LogP contribution in [0.15, 0.2) is 0 Å². The molecule has 0 amide bonds. The largest absolute Gasteiger partial charge is 0.479 e. The number of nitrogens with two attached hydrogens (primary N) is 1. The van der Waals surface area contributed by atoms with Crippen molar-refractivity contribution in [3.63, 3.8) is 0 Å². The van der Waals surface area contributed by atoms with Gasteiger partial charge in [0.1, 0.15) is 12.3 Å². The molecule has 1 aromatic heterocycles. The Labute approximate surface area is 113 Å². The summed E-state index contributed by atoms with van der Waals surface area (Å²) in [6.45, 7) is 0.343. The number of nitrogens with zero attached hydrogens (tertiary/aromatic N) is 2. The maximum Gasteiger partial charge on any atom is 0.242 e. The van der Waals surface area contributed by atoms with Crippen LogP contribution >= 0.6 is 0 Å². The molecule has 0 aromatic carbocycles. The highest BCUT2D eigenvalue weighted by Crippen LogP contribution is 2.29. The first-order valence-electron chi connectivity index (χ1n) is 6.70. The molecule has 6 nitrogen and oxygen atoms in total. The van der Waals surface area contributed by atoms with Gasteiger partial charge in [-0.15, -0.1) is 0 Å². The van der Waals surface area contributed by atoms with Crippen LogP contribution in [0, 0.1) is 0 Å². The van der Waals surface area contributed by atoms with Crippen LogP contribution < -0.4 is 15.8 Å². The highest BCUT2D eigenvalue weighted by atomic mass is 16.5. The molecule has 19 heavy (non-hydrogen) atoms. The van der Waals surface area contributed by atoms with Gasteiger partial charge in [0.15, 0.2) is 11.6 Å². The van der Waals surface area contributed by atoms with Crippen molar-refractivity contribution in [1.29, 1.82) is 0 Å². The van der Waals surface area contributed by atoms with Crippen LogP contribution in [0.2, 0.25) is 0 Å². The van der Waals surface area contributed by atoms with Crippen LogP contribution in [-0.4, -0.2) is 30.2 Å². The van der Waals surface area contributed by atoms with E-state index in [0.29, 0.717) is 35.9 Å². The number of nitrogen functional groups attached to an aromatic ring is 1. The molecule has 6 heteroatoms. The molecule has 1 aliphatic carbocycles. The number of ether oxygens (including phenoxy) is 2. The minimum Gasteiger partial charge on any atom is -0.479 e. The summed E-state index contributed by atoms with van der Waals surface area (Å²) in [6.07, 6.45) is 6.14. The molecule has 0 saturated heterocycles. The van der Waals surface area contributed by atoms with Crippen molar-refractivity contribution in [3.05, 3.63) is 5.82 Å². The number of hydrogen-bond acceptors (Lipinski definition) is 6. The van der Waals surface area contributed by atoms with E-state index in [1.165, 1.54) is 19.3 Å². The van der Waals surface area contributed by atoms with E-state index in [2.05, 4.69) is 15.3 Å². The third kappa shape index (κ3) is 3.47. The van der Waals surface area contributed by atoms with E-state index in [0.717, 1.165) is 12.8 Å². The van der Waals surface area contributed by atoms with E-state index < -0.39 is 0 Å². The molecule has 0 atom stereocenters. The van der Waals surface area contributed by atoms with E-state index in [-0.39, 0.29) is 0 Å². The SMILES string of the molecule is COCc1nc(NC2CCCCC2)c(N)c(OC)n1. The maximum atomic E-state index is 6.02. The standard InChI is InChI=1S/C13H22N4O2/c1-18-8-10-16-12(11(14)13(17-10)19-2)15-9-6-4-3-5-7-9/h9H,3-8,14H2,1-2H3,(H,15,16,17). The van der Waals surface area contributed by atoms with Crippen LogP contribution in [0.1, 0.15) is 37.9 Å².